The number of benzene rings is 1. The molecule has 1 aromatic rings. The molecule has 1 aromatic carbocycles. The Morgan fingerprint density at radius 3 is 1.12 bits per heavy atom. The molecule has 118 valence electrons. The predicted molar refractivity (Wildman–Crippen MR) is 80.7 cm³/mol. The second kappa shape index (κ2) is 9.20. The molecule has 0 heterocycles. The summed E-state index contributed by atoms with van der Waals surface area (Å²) in [5, 5.41) is 34.7. The second-order valence-electron chi connectivity index (χ2n) is 4.53. The first-order chi connectivity index (χ1) is 11.6. The Bertz CT molecular complexity index is 674. The molecule has 0 atom stereocenters. The van der Waals surface area contributed by atoms with Gasteiger partial charge < -0.3 is 9.80 Å². The van der Waals surface area contributed by atoms with E-state index in [1.54, 1.807) is 0 Å². The van der Waals surface area contributed by atoms with Crippen molar-refractivity contribution in [3.63, 3.8) is 0 Å². The summed E-state index contributed by atoms with van der Waals surface area (Å²) >= 11 is 0. The van der Waals surface area contributed by atoms with Gasteiger partial charge in [-0.1, -0.05) is 0 Å². The lowest BCUT2D eigenvalue weighted by Gasteiger charge is -2.17. The van der Waals surface area contributed by atoms with Gasteiger partial charge in [-0.3, -0.25) is 9.59 Å². The number of hydrogen-bond acceptors (Lipinski definition) is 6. The summed E-state index contributed by atoms with van der Waals surface area (Å²) in [6.07, 6.45) is 0. The lowest BCUT2D eigenvalue weighted by Crippen LogP contribution is -2.32. The van der Waals surface area contributed by atoms with Crippen LogP contribution >= 0.6 is 0 Å². The number of carbonyl (C=O) groups is 2. The van der Waals surface area contributed by atoms with E-state index in [4.69, 9.17) is 21.0 Å². The van der Waals surface area contributed by atoms with Gasteiger partial charge in [-0.25, -0.2) is 0 Å². The Kier molecular flexibility index (Phi) is 6.97. The minimum Gasteiger partial charge on any atom is -0.312 e. The van der Waals surface area contributed by atoms with Crippen LogP contribution in [0.5, 0.6) is 0 Å². The van der Waals surface area contributed by atoms with Crippen molar-refractivity contribution in [2.75, 3.05) is 26.2 Å². The van der Waals surface area contributed by atoms with Crippen LogP contribution in [0.4, 0.5) is 0 Å². The molecule has 0 saturated carbocycles. The van der Waals surface area contributed by atoms with Gasteiger partial charge in [0.2, 0.25) is 0 Å². The van der Waals surface area contributed by atoms with Crippen LogP contribution in [0.25, 0.3) is 0 Å². The molecule has 2 amide bonds. The second-order valence-corrected chi connectivity index (χ2v) is 4.53. The molecule has 1 rings (SSSR count). The molecule has 0 unspecified atom stereocenters. The van der Waals surface area contributed by atoms with Crippen LogP contribution in [-0.2, 0) is 0 Å². The van der Waals surface area contributed by atoms with Gasteiger partial charge in [0.15, 0.2) is 0 Å². The lowest BCUT2D eigenvalue weighted by atomic mass is 10.1. The minimum atomic E-state index is -0.497. The number of nitrogens with zero attached hydrogens (tertiary/aromatic N) is 6. The molecule has 0 aliphatic carbocycles. The van der Waals surface area contributed by atoms with E-state index < -0.39 is 11.8 Å². The molecule has 8 heteroatoms. The molecular weight excluding hydrogens is 308 g/mol. The highest BCUT2D eigenvalue weighted by molar-refractivity contribution is 5.98. The molecular formula is C16H12N6O2. The average Bonchev–Trinajstić information content (AvgIpc) is 2.60. The van der Waals surface area contributed by atoms with Crippen LogP contribution in [0.2, 0.25) is 0 Å². The molecule has 0 bridgehead atoms. The third-order valence-corrected chi connectivity index (χ3v) is 3.00. The van der Waals surface area contributed by atoms with Gasteiger partial charge in [0.25, 0.3) is 11.8 Å². The molecule has 0 aliphatic heterocycles. The third-order valence-electron chi connectivity index (χ3n) is 3.00. The average molecular weight is 320 g/mol. The van der Waals surface area contributed by atoms with Gasteiger partial charge in [-0.2, -0.15) is 21.0 Å². The Morgan fingerprint density at radius 1 is 0.667 bits per heavy atom. The van der Waals surface area contributed by atoms with Crippen LogP contribution in [0.1, 0.15) is 20.7 Å². The quantitative estimate of drug-likeness (QED) is 0.706. The monoisotopic (exact) mass is 320 g/mol. The first-order valence-corrected chi connectivity index (χ1v) is 6.75. The van der Waals surface area contributed by atoms with Crippen LogP contribution in [-0.4, -0.2) is 47.8 Å². The highest BCUT2D eigenvalue weighted by Gasteiger charge is 2.18. The summed E-state index contributed by atoms with van der Waals surface area (Å²) < 4.78 is 0. The highest BCUT2D eigenvalue weighted by atomic mass is 16.2. The summed E-state index contributed by atoms with van der Waals surface area (Å²) in [6.45, 7) is -0.868. The molecule has 0 N–H and O–H groups in total. The Morgan fingerprint density at radius 2 is 0.917 bits per heavy atom. The molecule has 0 aliphatic rings. The summed E-state index contributed by atoms with van der Waals surface area (Å²) in [4.78, 5) is 26.5. The number of hydrogen-bond donors (Lipinski definition) is 0. The topological polar surface area (TPSA) is 136 Å². The highest BCUT2D eigenvalue weighted by Crippen LogP contribution is 2.10. The zero-order valence-electron chi connectivity index (χ0n) is 12.6. The van der Waals surface area contributed by atoms with Crippen molar-refractivity contribution < 1.29 is 9.59 Å². The Hall–Kier alpha value is -3.88. The zero-order valence-corrected chi connectivity index (χ0v) is 12.6. The normalized spacial score (nSPS) is 8.83. The van der Waals surface area contributed by atoms with Crippen molar-refractivity contribution in [2.45, 2.75) is 0 Å². The van der Waals surface area contributed by atoms with Gasteiger partial charge in [0, 0.05) is 11.1 Å². The number of carbonyl (C=O) groups excluding carboxylic acids is 2. The van der Waals surface area contributed by atoms with E-state index in [-0.39, 0.29) is 37.3 Å². The van der Waals surface area contributed by atoms with Crippen LogP contribution < -0.4 is 0 Å². The maximum atomic E-state index is 12.2. The summed E-state index contributed by atoms with van der Waals surface area (Å²) in [7, 11) is 0. The predicted octanol–water partition coefficient (Wildman–Crippen LogP) is 0.665. The molecule has 0 spiro atoms. The fourth-order valence-electron chi connectivity index (χ4n) is 1.86. The third kappa shape index (κ3) is 4.56. The lowest BCUT2D eigenvalue weighted by molar-refractivity contribution is 0.0783. The van der Waals surface area contributed by atoms with Crippen molar-refractivity contribution in [2.24, 2.45) is 0 Å². The standard InChI is InChI=1S/C16H12N6O2/c17-5-9-21(10-6-18)15(23)13-1-2-14(4-3-13)16(24)22(11-7-19)12-8-20/h1-4H,9-12H2. The van der Waals surface area contributed by atoms with Crippen molar-refractivity contribution in [3.8, 4) is 24.3 Å². The SMILES string of the molecule is N#CCN(CC#N)C(=O)c1ccc(C(=O)N(CC#N)CC#N)cc1. The number of rotatable bonds is 6. The maximum absolute atomic E-state index is 12.2. The van der Waals surface area contributed by atoms with Crippen molar-refractivity contribution in [1.82, 2.24) is 9.80 Å². The molecule has 0 radical (unpaired) electrons. The van der Waals surface area contributed by atoms with Gasteiger partial charge in [0.05, 0.1) is 24.3 Å². The van der Waals surface area contributed by atoms with Gasteiger partial charge in [-0.15, -0.1) is 0 Å². The molecule has 0 fully saturated rings. The Balaban J connectivity index is 2.96. The smallest absolute Gasteiger partial charge is 0.255 e. The zero-order chi connectivity index (χ0) is 17.9. The van der Waals surface area contributed by atoms with E-state index in [9.17, 15) is 9.59 Å². The number of nitriles is 4. The summed E-state index contributed by atoms with van der Waals surface area (Å²) in [6, 6.07) is 12.8. The van der Waals surface area contributed by atoms with E-state index in [2.05, 4.69) is 0 Å². The van der Waals surface area contributed by atoms with Gasteiger partial charge >= 0.3 is 0 Å². The minimum absolute atomic E-state index is 0.217. The fourth-order valence-corrected chi connectivity index (χ4v) is 1.86. The van der Waals surface area contributed by atoms with Gasteiger partial charge in [0.1, 0.15) is 26.2 Å². The molecule has 0 aromatic heterocycles. The molecule has 8 nitrogen and oxygen atoms in total. The molecule has 24 heavy (non-hydrogen) atoms. The maximum Gasteiger partial charge on any atom is 0.255 e. The van der Waals surface area contributed by atoms with E-state index in [0.717, 1.165) is 9.80 Å². The first-order valence-electron chi connectivity index (χ1n) is 6.75. The fraction of sp³-hybridized carbons (Fsp3) is 0.250. The van der Waals surface area contributed by atoms with E-state index >= 15 is 0 Å². The van der Waals surface area contributed by atoms with E-state index in [0.29, 0.717) is 0 Å². The van der Waals surface area contributed by atoms with E-state index in [1.807, 2.05) is 24.3 Å². The van der Waals surface area contributed by atoms with Crippen molar-refractivity contribution in [1.29, 1.82) is 21.0 Å². The van der Waals surface area contributed by atoms with Crippen molar-refractivity contribution in [3.05, 3.63) is 35.4 Å². The molecule has 0 saturated heterocycles. The van der Waals surface area contributed by atoms with Crippen LogP contribution in [0, 0.1) is 45.3 Å². The largest absolute Gasteiger partial charge is 0.312 e. The summed E-state index contributed by atoms with van der Waals surface area (Å²) in [5.41, 5.74) is 0.452. The first kappa shape index (κ1) is 18.2. The Labute approximate surface area is 138 Å². The van der Waals surface area contributed by atoms with Crippen LogP contribution in [0.3, 0.4) is 0 Å². The van der Waals surface area contributed by atoms with E-state index in [1.165, 1.54) is 24.3 Å². The van der Waals surface area contributed by atoms with Crippen molar-refractivity contribution >= 4 is 11.8 Å². The number of amides is 2. The summed E-state index contributed by atoms with van der Waals surface area (Å²) in [5.74, 6) is -0.994. The van der Waals surface area contributed by atoms with Crippen LogP contribution in [0.15, 0.2) is 24.3 Å². The van der Waals surface area contributed by atoms with Gasteiger partial charge in [-0.05, 0) is 24.3 Å².